The average Bonchev–Trinajstić information content (AvgIpc) is 2.26. The lowest BCUT2D eigenvalue weighted by molar-refractivity contribution is 0.279. The Morgan fingerprint density at radius 1 is 1.28 bits per heavy atom. The summed E-state index contributed by atoms with van der Waals surface area (Å²) < 4.78 is 27.9. The quantitative estimate of drug-likeness (QED) is 0.877. The van der Waals surface area contributed by atoms with Gasteiger partial charge >= 0.3 is 0 Å². The largest absolute Gasteiger partial charge is 0.392 e. The fraction of sp³-hybridized carbons (Fsp3) is 0.571. The van der Waals surface area contributed by atoms with Crippen LogP contribution in [0.25, 0.3) is 0 Å². The van der Waals surface area contributed by atoms with Crippen molar-refractivity contribution in [3.05, 3.63) is 29.3 Å². The molecule has 0 saturated carbocycles. The van der Waals surface area contributed by atoms with Crippen LogP contribution in [0, 0.1) is 17.0 Å². The van der Waals surface area contributed by atoms with Crippen molar-refractivity contribution in [1.29, 1.82) is 0 Å². The number of hydrogen-bond acceptors (Lipinski definition) is 2. The van der Waals surface area contributed by atoms with Crippen LogP contribution in [0.5, 0.6) is 0 Å². The van der Waals surface area contributed by atoms with Gasteiger partial charge in [0.1, 0.15) is 17.3 Å². The summed E-state index contributed by atoms with van der Waals surface area (Å²) in [6, 6.07) is 2.42. The SMILES string of the molecule is CC1(C)CCCN(c2c(F)cc(CO)cc2F)C1. The van der Waals surface area contributed by atoms with Crippen molar-refractivity contribution in [2.45, 2.75) is 33.3 Å². The van der Waals surface area contributed by atoms with Gasteiger partial charge < -0.3 is 10.0 Å². The fourth-order valence-electron chi connectivity index (χ4n) is 2.63. The first-order chi connectivity index (χ1) is 8.43. The number of benzene rings is 1. The summed E-state index contributed by atoms with van der Waals surface area (Å²) in [5, 5.41) is 8.92. The first-order valence-electron chi connectivity index (χ1n) is 6.27. The molecule has 0 aliphatic carbocycles. The van der Waals surface area contributed by atoms with Crippen LogP contribution in [-0.2, 0) is 6.61 Å². The number of hydrogen-bond donors (Lipinski definition) is 1. The molecule has 0 bridgehead atoms. The molecule has 0 amide bonds. The standard InChI is InChI=1S/C14H19F2NO/c1-14(2)4-3-5-17(9-14)13-11(15)6-10(8-18)7-12(13)16/h6-7,18H,3-5,8-9H2,1-2H3. The van der Waals surface area contributed by atoms with Gasteiger partial charge in [0.15, 0.2) is 0 Å². The Kier molecular flexibility index (Phi) is 3.57. The minimum atomic E-state index is -0.586. The lowest BCUT2D eigenvalue weighted by Crippen LogP contribution is -2.41. The van der Waals surface area contributed by atoms with Gasteiger partial charge in [0.05, 0.1) is 6.61 Å². The topological polar surface area (TPSA) is 23.5 Å². The first kappa shape index (κ1) is 13.3. The Balaban J connectivity index is 2.33. The van der Waals surface area contributed by atoms with E-state index in [1.54, 1.807) is 4.90 Å². The van der Waals surface area contributed by atoms with Gasteiger partial charge in [0.25, 0.3) is 0 Å². The molecule has 0 atom stereocenters. The fourth-order valence-corrected chi connectivity index (χ4v) is 2.63. The summed E-state index contributed by atoms with van der Waals surface area (Å²) in [6.45, 7) is 5.20. The lowest BCUT2D eigenvalue weighted by Gasteiger charge is -2.39. The monoisotopic (exact) mass is 255 g/mol. The van der Waals surface area contributed by atoms with Gasteiger partial charge in [-0.25, -0.2) is 8.78 Å². The summed E-state index contributed by atoms with van der Waals surface area (Å²) in [6.07, 6.45) is 2.01. The number of aliphatic hydroxyl groups excluding tert-OH is 1. The summed E-state index contributed by atoms with van der Waals surface area (Å²) in [7, 11) is 0. The van der Waals surface area contributed by atoms with E-state index in [1.807, 2.05) is 0 Å². The zero-order valence-corrected chi connectivity index (χ0v) is 10.8. The second-order valence-electron chi connectivity index (χ2n) is 5.76. The van der Waals surface area contributed by atoms with Crippen molar-refractivity contribution >= 4 is 5.69 Å². The van der Waals surface area contributed by atoms with Crippen LogP contribution in [0.3, 0.4) is 0 Å². The Morgan fingerprint density at radius 3 is 2.39 bits per heavy atom. The molecule has 1 aromatic rings. The number of aliphatic hydroxyl groups is 1. The Bertz CT molecular complexity index is 422. The van der Waals surface area contributed by atoms with Crippen LogP contribution in [0.1, 0.15) is 32.3 Å². The maximum atomic E-state index is 13.9. The van der Waals surface area contributed by atoms with Gasteiger partial charge in [-0.15, -0.1) is 0 Å². The van der Waals surface area contributed by atoms with E-state index in [0.29, 0.717) is 13.1 Å². The Morgan fingerprint density at radius 2 is 1.89 bits per heavy atom. The average molecular weight is 255 g/mol. The van der Waals surface area contributed by atoms with E-state index in [-0.39, 0.29) is 23.3 Å². The van der Waals surface area contributed by atoms with Gasteiger partial charge in [-0.2, -0.15) is 0 Å². The molecule has 1 aliphatic heterocycles. The van der Waals surface area contributed by atoms with Crippen molar-refractivity contribution < 1.29 is 13.9 Å². The zero-order valence-electron chi connectivity index (χ0n) is 10.8. The van der Waals surface area contributed by atoms with Crippen molar-refractivity contribution in [2.24, 2.45) is 5.41 Å². The number of piperidine rings is 1. The highest BCUT2D eigenvalue weighted by Crippen LogP contribution is 2.34. The predicted molar refractivity (Wildman–Crippen MR) is 67.5 cm³/mol. The molecule has 1 saturated heterocycles. The summed E-state index contributed by atoms with van der Waals surface area (Å²) in [5.41, 5.74) is 0.386. The minimum absolute atomic E-state index is 0.0416. The normalized spacial score (nSPS) is 19.1. The summed E-state index contributed by atoms with van der Waals surface area (Å²) >= 11 is 0. The molecule has 4 heteroatoms. The predicted octanol–water partition coefficient (Wildman–Crippen LogP) is 3.08. The van der Waals surface area contributed by atoms with Gasteiger partial charge in [0.2, 0.25) is 0 Å². The van der Waals surface area contributed by atoms with Crippen LogP contribution >= 0.6 is 0 Å². The molecule has 0 spiro atoms. The second kappa shape index (κ2) is 4.84. The highest BCUT2D eigenvalue weighted by Gasteiger charge is 2.29. The summed E-state index contributed by atoms with van der Waals surface area (Å²) in [5.74, 6) is -1.17. The van der Waals surface area contributed by atoms with E-state index in [9.17, 15) is 8.78 Å². The maximum absolute atomic E-state index is 13.9. The molecule has 18 heavy (non-hydrogen) atoms. The van der Waals surface area contributed by atoms with Crippen LogP contribution in [0.4, 0.5) is 14.5 Å². The van der Waals surface area contributed by atoms with E-state index in [0.717, 1.165) is 12.8 Å². The van der Waals surface area contributed by atoms with Crippen molar-refractivity contribution in [3.63, 3.8) is 0 Å². The van der Waals surface area contributed by atoms with E-state index in [1.165, 1.54) is 12.1 Å². The molecule has 0 radical (unpaired) electrons. The molecule has 1 fully saturated rings. The van der Waals surface area contributed by atoms with Crippen molar-refractivity contribution in [2.75, 3.05) is 18.0 Å². The Labute approximate surface area is 106 Å². The van der Waals surface area contributed by atoms with E-state index < -0.39 is 11.6 Å². The Hall–Kier alpha value is -1.16. The number of rotatable bonds is 2. The third-order valence-corrected chi connectivity index (χ3v) is 3.48. The third-order valence-electron chi connectivity index (χ3n) is 3.48. The van der Waals surface area contributed by atoms with Gasteiger partial charge in [-0.3, -0.25) is 0 Å². The van der Waals surface area contributed by atoms with Crippen molar-refractivity contribution in [3.8, 4) is 0 Å². The van der Waals surface area contributed by atoms with E-state index in [4.69, 9.17) is 5.11 Å². The van der Waals surface area contributed by atoms with E-state index >= 15 is 0 Å². The smallest absolute Gasteiger partial charge is 0.149 e. The first-order valence-corrected chi connectivity index (χ1v) is 6.27. The second-order valence-corrected chi connectivity index (χ2v) is 5.76. The molecular weight excluding hydrogens is 236 g/mol. The summed E-state index contributed by atoms with van der Waals surface area (Å²) in [4.78, 5) is 1.77. The molecular formula is C14H19F2NO. The zero-order chi connectivity index (χ0) is 13.3. The molecule has 1 aromatic carbocycles. The van der Waals surface area contributed by atoms with Crippen LogP contribution < -0.4 is 4.90 Å². The van der Waals surface area contributed by atoms with Gasteiger partial charge in [0, 0.05) is 13.1 Å². The number of anilines is 1. The maximum Gasteiger partial charge on any atom is 0.149 e. The number of nitrogens with zero attached hydrogens (tertiary/aromatic N) is 1. The lowest BCUT2D eigenvalue weighted by atomic mass is 9.84. The van der Waals surface area contributed by atoms with Crippen molar-refractivity contribution in [1.82, 2.24) is 0 Å². The highest BCUT2D eigenvalue weighted by molar-refractivity contribution is 5.51. The molecule has 0 aromatic heterocycles. The van der Waals surface area contributed by atoms with Gasteiger partial charge in [-0.05, 0) is 36.0 Å². The molecule has 2 rings (SSSR count). The third kappa shape index (κ3) is 2.64. The molecule has 1 N–H and O–H groups in total. The molecule has 0 unspecified atom stereocenters. The van der Waals surface area contributed by atoms with Crippen LogP contribution in [0.15, 0.2) is 12.1 Å². The molecule has 100 valence electrons. The molecule has 1 heterocycles. The molecule has 2 nitrogen and oxygen atoms in total. The molecule has 1 aliphatic rings. The highest BCUT2D eigenvalue weighted by atomic mass is 19.1. The van der Waals surface area contributed by atoms with Crippen LogP contribution in [-0.4, -0.2) is 18.2 Å². The number of halogens is 2. The van der Waals surface area contributed by atoms with Crippen LogP contribution in [0.2, 0.25) is 0 Å². The van der Waals surface area contributed by atoms with E-state index in [2.05, 4.69) is 13.8 Å². The minimum Gasteiger partial charge on any atom is -0.392 e. The van der Waals surface area contributed by atoms with Gasteiger partial charge in [-0.1, -0.05) is 13.8 Å².